The number of pyridine rings is 1. The molecule has 6 heteroatoms. The average Bonchev–Trinajstić information content (AvgIpc) is 2.48. The van der Waals surface area contributed by atoms with Crippen LogP contribution >= 0.6 is 12.2 Å². The van der Waals surface area contributed by atoms with Crippen LogP contribution in [0.2, 0.25) is 0 Å². The van der Waals surface area contributed by atoms with Gasteiger partial charge in [-0.15, -0.1) is 0 Å². The smallest absolute Gasteiger partial charge is 0.191 e. The molecule has 0 unspecified atom stereocenters. The summed E-state index contributed by atoms with van der Waals surface area (Å²) in [5.41, 5.74) is 4.67. The summed E-state index contributed by atoms with van der Waals surface area (Å²) in [5, 5.41) is 7.10. The van der Waals surface area contributed by atoms with Crippen LogP contribution in [0.5, 0.6) is 0 Å². The maximum Gasteiger partial charge on any atom is 0.191 e. The highest BCUT2D eigenvalue weighted by Gasteiger charge is 2.02. The summed E-state index contributed by atoms with van der Waals surface area (Å²) in [4.78, 5) is 3.93. The van der Waals surface area contributed by atoms with Crippen LogP contribution in [0.25, 0.3) is 0 Å². The summed E-state index contributed by atoms with van der Waals surface area (Å²) in [6.07, 6.45) is 3.37. The van der Waals surface area contributed by atoms with E-state index in [1.54, 1.807) is 30.6 Å². The Kier molecular flexibility index (Phi) is 4.73. The number of hydrogen-bond donors (Lipinski definition) is 2. The number of hydrogen-bond acceptors (Lipinski definition) is 3. The van der Waals surface area contributed by atoms with Gasteiger partial charge in [0.05, 0.1) is 11.4 Å². The fraction of sp³-hybridized carbons (Fsp3) is 0.0714. The van der Waals surface area contributed by atoms with E-state index in [1.807, 2.05) is 19.1 Å². The van der Waals surface area contributed by atoms with Crippen molar-refractivity contribution < 1.29 is 4.39 Å². The van der Waals surface area contributed by atoms with Gasteiger partial charge in [0.1, 0.15) is 5.82 Å². The number of nitrogens with zero attached hydrogens (tertiary/aromatic N) is 2. The van der Waals surface area contributed by atoms with Crippen molar-refractivity contribution in [3.05, 3.63) is 60.2 Å². The standard InChI is InChI=1S/C14H13FN4S/c1-10(11-6-8-16-9-7-11)18-19-14(20)17-13-5-3-2-4-12(13)15/h2-9H,1H3,(H2,17,19,20)/b18-10-. The van der Waals surface area contributed by atoms with Gasteiger partial charge in [-0.1, -0.05) is 12.1 Å². The maximum atomic E-state index is 13.4. The first kappa shape index (κ1) is 14.1. The van der Waals surface area contributed by atoms with Crippen molar-refractivity contribution in [2.24, 2.45) is 5.10 Å². The van der Waals surface area contributed by atoms with Crippen LogP contribution < -0.4 is 10.7 Å². The van der Waals surface area contributed by atoms with Gasteiger partial charge in [-0.25, -0.2) is 4.39 Å². The molecule has 1 aromatic heterocycles. The minimum atomic E-state index is -0.369. The van der Waals surface area contributed by atoms with E-state index in [2.05, 4.69) is 20.8 Å². The highest BCUT2D eigenvalue weighted by atomic mass is 32.1. The number of para-hydroxylation sites is 1. The summed E-state index contributed by atoms with van der Waals surface area (Å²) >= 11 is 5.06. The van der Waals surface area contributed by atoms with E-state index < -0.39 is 0 Å². The molecule has 2 rings (SSSR count). The SMILES string of the molecule is C/C(=N/NC(=S)Nc1ccccc1F)c1ccncc1. The van der Waals surface area contributed by atoms with Gasteiger partial charge in [-0.2, -0.15) is 5.10 Å². The molecule has 0 saturated carbocycles. The van der Waals surface area contributed by atoms with Crippen molar-refractivity contribution >= 4 is 28.7 Å². The number of thiocarbonyl (C=S) groups is 1. The zero-order valence-electron chi connectivity index (χ0n) is 10.8. The molecule has 20 heavy (non-hydrogen) atoms. The summed E-state index contributed by atoms with van der Waals surface area (Å²) < 4.78 is 13.4. The van der Waals surface area contributed by atoms with E-state index in [0.717, 1.165) is 11.3 Å². The summed E-state index contributed by atoms with van der Waals surface area (Å²) in [5.74, 6) is -0.369. The number of rotatable bonds is 3. The number of halogens is 1. The minimum absolute atomic E-state index is 0.225. The Morgan fingerprint density at radius 3 is 2.60 bits per heavy atom. The van der Waals surface area contributed by atoms with Gasteiger partial charge in [-0.05, 0) is 43.4 Å². The van der Waals surface area contributed by atoms with E-state index >= 15 is 0 Å². The van der Waals surface area contributed by atoms with Crippen LogP contribution in [0.4, 0.5) is 10.1 Å². The molecule has 2 aromatic rings. The Morgan fingerprint density at radius 2 is 1.90 bits per heavy atom. The van der Waals surface area contributed by atoms with Crippen molar-refractivity contribution in [3.63, 3.8) is 0 Å². The summed E-state index contributed by atoms with van der Waals surface area (Å²) in [7, 11) is 0. The molecule has 0 fully saturated rings. The quantitative estimate of drug-likeness (QED) is 0.518. The van der Waals surface area contributed by atoms with E-state index in [1.165, 1.54) is 6.07 Å². The minimum Gasteiger partial charge on any atom is -0.329 e. The third-order valence-corrected chi connectivity index (χ3v) is 2.74. The van der Waals surface area contributed by atoms with Gasteiger partial charge in [0.2, 0.25) is 0 Å². The van der Waals surface area contributed by atoms with Crippen molar-refractivity contribution in [1.82, 2.24) is 10.4 Å². The highest BCUT2D eigenvalue weighted by Crippen LogP contribution is 2.11. The largest absolute Gasteiger partial charge is 0.329 e. The van der Waals surface area contributed by atoms with Crippen molar-refractivity contribution in [3.8, 4) is 0 Å². The Labute approximate surface area is 121 Å². The predicted molar refractivity (Wildman–Crippen MR) is 82.2 cm³/mol. The fourth-order valence-electron chi connectivity index (χ4n) is 1.51. The molecule has 0 radical (unpaired) electrons. The Bertz CT molecular complexity index is 628. The van der Waals surface area contributed by atoms with Crippen LogP contribution in [0, 0.1) is 5.82 Å². The highest BCUT2D eigenvalue weighted by molar-refractivity contribution is 7.80. The lowest BCUT2D eigenvalue weighted by molar-refractivity contribution is 0.632. The molecule has 4 nitrogen and oxygen atoms in total. The molecular formula is C14H13FN4S. The second-order valence-electron chi connectivity index (χ2n) is 3.98. The van der Waals surface area contributed by atoms with Gasteiger partial charge in [0.25, 0.3) is 0 Å². The molecule has 2 N–H and O–H groups in total. The lowest BCUT2D eigenvalue weighted by atomic mass is 10.2. The zero-order chi connectivity index (χ0) is 14.4. The first-order valence-electron chi connectivity index (χ1n) is 5.93. The number of anilines is 1. The summed E-state index contributed by atoms with van der Waals surface area (Å²) in [6, 6.07) is 9.98. The normalized spacial score (nSPS) is 11.0. The predicted octanol–water partition coefficient (Wildman–Crippen LogP) is 2.93. The maximum absolute atomic E-state index is 13.4. The third-order valence-electron chi connectivity index (χ3n) is 2.55. The molecule has 0 aliphatic heterocycles. The molecule has 0 aliphatic carbocycles. The average molecular weight is 288 g/mol. The lowest BCUT2D eigenvalue weighted by Crippen LogP contribution is -2.25. The Hall–Kier alpha value is -2.34. The van der Waals surface area contributed by atoms with E-state index in [4.69, 9.17) is 12.2 Å². The number of hydrazone groups is 1. The van der Waals surface area contributed by atoms with E-state index in [0.29, 0.717) is 5.69 Å². The number of aromatic nitrogens is 1. The number of benzene rings is 1. The Balaban J connectivity index is 1.97. The van der Waals surface area contributed by atoms with Crippen LogP contribution in [0.15, 0.2) is 53.9 Å². The van der Waals surface area contributed by atoms with Crippen molar-refractivity contribution in [2.45, 2.75) is 6.92 Å². The van der Waals surface area contributed by atoms with Crippen LogP contribution in [0.3, 0.4) is 0 Å². The van der Waals surface area contributed by atoms with Crippen LogP contribution in [-0.4, -0.2) is 15.8 Å². The fourth-order valence-corrected chi connectivity index (χ4v) is 1.66. The van der Waals surface area contributed by atoms with Crippen LogP contribution in [0.1, 0.15) is 12.5 Å². The molecule has 0 atom stereocenters. The molecular weight excluding hydrogens is 275 g/mol. The second-order valence-corrected chi connectivity index (χ2v) is 4.39. The topological polar surface area (TPSA) is 49.3 Å². The summed E-state index contributed by atoms with van der Waals surface area (Å²) in [6.45, 7) is 1.84. The number of nitrogens with one attached hydrogen (secondary N) is 2. The van der Waals surface area contributed by atoms with Gasteiger partial charge < -0.3 is 5.32 Å². The molecule has 1 aromatic carbocycles. The molecule has 0 bridgehead atoms. The van der Waals surface area contributed by atoms with Crippen LogP contribution in [-0.2, 0) is 0 Å². The molecule has 0 amide bonds. The van der Waals surface area contributed by atoms with E-state index in [9.17, 15) is 4.39 Å². The molecule has 0 saturated heterocycles. The van der Waals surface area contributed by atoms with Crippen molar-refractivity contribution in [2.75, 3.05) is 5.32 Å². The van der Waals surface area contributed by atoms with Gasteiger partial charge in [0.15, 0.2) is 5.11 Å². The Morgan fingerprint density at radius 1 is 1.20 bits per heavy atom. The lowest BCUT2D eigenvalue weighted by Gasteiger charge is -2.08. The monoisotopic (exact) mass is 288 g/mol. The van der Waals surface area contributed by atoms with Gasteiger partial charge in [-0.3, -0.25) is 10.4 Å². The third kappa shape index (κ3) is 3.83. The second kappa shape index (κ2) is 6.72. The van der Waals surface area contributed by atoms with Gasteiger partial charge in [0, 0.05) is 18.0 Å². The molecule has 1 heterocycles. The van der Waals surface area contributed by atoms with Gasteiger partial charge >= 0.3 is 0 Å². The molecule has 102 valence electrons. The van der Waals surface area contributed by atoms with Crippen molar-refractivity contribution in [1.29, 1.82) is 0 Å². The first-order valence-corrected chi connectivity index (χ1v) is 6.34. The van der Waals surface area contributed by atoms with E-state index in [-0.39, 0.29) is 10.9 Å². The zero-order valence-corrected chi connectivity index (χ0v) is 11.6. The first-order chi connectivity index (χ1) is 9.66. The molecule has 0 spiro atoms. The molecule has 0 aliphatic rings.